The molecule has 0 amide bonds. The van der Waals surface area contributed by atoms with Crippen molar-refractivity contribution in [2.24, 2.45) is 0 Å². The van der Waals surface area contributed by atoms with Gasteiger partial charge in [-0.05, 0) is 27.7 Å². The van der Waals surface area contributed by atoms with Crippen molar-refractivity contribution in [1.82, 2.24) is 5.32 Å². The molecule has 4 N–H and O–H groups in total. The number of halogens is 6. The van der Waals surface area contributed by atoms with Crippen LogP contribution < -0.4 is 5.32 Å². The fraction of sp³-hybridized carbons (Fsp3) is 1.00. The van der Waals surface area contributed by atoms with Crippen molar-refractivity contribution in [3.63, 3.8) is 0 Å². The lowest BCUT2D eigenvalue weighted by Crippen LogP contribution is -2.56. The van der Waals surface area contributed by atoms with Crippen LogP contribution in [0.25, 0.3) is 0 Å². The Labute approximate surface area is 124 Å². The van der Waals surface area contributed by atoms with Crippen LogP contribution in [-0.4, -0.2) is 38.1 Å². The van der Waals surface area contributed by atoms with E-state index in [4.69, 9.17) is 19.2 Å². The Hall–Kier alpha value is -0.350. The third-order valence-electron chi connectivity index (χ3n) is 1.86. The molecule has 0 radical (unpaired) electrons. The molecule has 0 rings (SSSR count). The highest BCUT2D eigenvalue weighted by atomic mass is 31.2. The van der Waals surface area contributed by atoms with Crippen molar-refractivity contribution in [3.05, 3.63) is 0 Å². The molecule has 0 aromatic rings. The average Bonchev–Trinajstić information content (AvgIpc) is 1.82. The summed E-state index contributed by atoms with van der Waals surface area (Å²) in [6.07, 6.45) is -12.3. The van der Waals surface area contributed by atoms with E-state index in [1.54, 1.807) is 0 Å². The Morgan fingerprint density at radius 3 is 1.18 bits per heavy atom. The van der Waals surface area contributed by atoms with Crippen LogP contribution in [0, 0.1) is 0 Å². The molecule has 0 bridgehead atoms. The lowest BCUT2D eigenvalue weighted by Gasteiger charge is -2.38. The fourth-order valence-corrected chi connectivity index (χ4v) is 1.94. The van der Waals surface area contributed by atoms with Gasteiger partial charge in [-0.25, -0.2) is 4.57 Å². The van der Waals surface area contributed by atoms with E-state index in [0.29, 0.717) is 0 Å². The maximum absolute atomic E-state index is 12.3. The van der Waals surface area contributed by atoms with E-state index in [1.807, 2.05) is 0 Å². The topological polar surface area (TPSA) is 89.8 Å². The molecule has 0 spiro atoms. The standard InChI is InChI=1S/C10H17F6N.H3O4P/c1-7(2,3)17-8(4,5-9(11,12)13)6-10(14,15)16;1-5(2,3)4/h17H,5-6H2,1-4H3;(H3,1,2,3,4). The minimum absolute atomic E-state index is 0.828. The van der Waals surface area contributed by atoms with Gasteiger partial charge < -0.3 is 20.0 Å². The van der Waals surface area contributed by atoms with Crippen molar-refractivity contribution in [2.75, 3.05) is 0 Å². The monoisotopic (exact) mass is 363 g/mol. The smallest absolute Gasteiger partial charge is 0.306 e. The highest BCUT2D eigenvalue weighted by Gasteiger charge is 2.47. The summed E-state index contributed by atoms with van der Waals surface area (Å²) in [5.41, 5.74) is -2.88. The second kappa shape index (κ2) is 7.48. The van der Waals surface area contributed by atoms with Crippen molar-refractivity contribution >= 4 is 7.82 Å². The Morgan fingerprint density at radius 2 is 1.05 bits per heavy atom. The summed E-state index contributed by atoms with van der Waals surface area (Å²) in [4.78, 5) is 21.6. The third-order valence-corrected chi connectivity index (χ3v) is 1.86. The zero-order chi connectivity index (χ0) is 18.6. The van der Waals surface area contributed by atoms with Crippen LogP contribution in [0.1, 0.15) is 40.5 Å². The minimum Gasteiger partial charge on any atom is -0.306 e. The van der Waals surface area contributed by atoms with E-state index in [0.717, 1.165) is 6.92 Å². The van der Waals surface area contributed by atoms with Gasteiger partial charge in [0.25, 0.3) is 0 Å². The van der Waals surface area contributed by atoms with Crippen LogP contribution in [0.5, 0.6) is 0 Å². The van der Waals surface area contributed by atoms with E-state index in [-0.39, 0.29) is 0 Å². The van der Waals surface area contributed by atoms with Gasteiger partial charge in [0.15, 0.2) is 0 Å². The van der Waals surface area contributed by atoms with Crippen LogP contribution in [0.4, 0.5) is 26.3 Å². The molecule has 0 aromatic heterocycles. The summed E-state index contributed by atoms with van der Waals surface area (Å²) in [6.45, 7) is 5.52. The van der Waals surface area contributed by atoms with Crippen LogP contribution in [0.2, 0.25) is 0 Å². The third kappa shape index (κ3) is 21.9. The summed E-state index contributed by atoms with van der Waals surface area (Å²) in [5.74, 6) is 0. The summed E-state index contributed by atoms with van der Waals surface area (Å²) >= 11 is 0. The molecule has 5 nitrogen and oxygen atoms in total. The van der Waals surface area contributed by atoms with Crippen LogP contribution in [0.15, 0.2) is 0 Å². The fourth-order valence-electron chi connectivity index (χ4n) is 1.94. The Balaban J connectivity index is 0. The number of rotatable bonds is 3. The number of hydrogen-bond acceptors (Lipinski definition) is 2. The van der Waals surface area contributed by atoms with Gasteiger partial charge in [0.05, 0.1) is 12.8 Å². The first kappa shape index (κ1) is 23.9. The van der Waals surface area contributed by atoms with Gasteiger partial charge in [-0.1, -0.05) is 0 Å². The Kier molecular flexibility index (Phi) is 8.13. The number of phosphoric acid groups is 1. The molecule has 0 saturated heterocycles. The Morgan fingerprint density at radius 1 is 0.818 bits per heavy atom. The molecule has 0 atom stereocenters. The summed E-state index contributed by atoms with van der Waals surface area (Å²) in [5, 5.41) is 2.41. The first-order valence-corrected chi connectivity index (χ1v) is 7.40. The molecule has 0 aliphatic carbocycles. The quantitative estimate of drug-likeness (QED) is 0.457. The number of hydrogen-bond donors (Lipinski definition) is 4. The first-order valence-electron chi connectivity index (χ1n) is 5.83. The van der Waals surface area contributed by atoms with Crippen LogP contribution in [-0.2, 0) is 4.57 Å². The molecule has 0 unspecified atom stereocenters. The van der Waals surface area contributed by atoms with Gasteiger partial charge in [-0.3, -0.25) is 0 Å². The van der Waals surface area contributed by atoms with E-state index in [2.05, 4.69) is 5.32 Å². The van der Waals surface area contributed by atoms with Gasteiger partial charge in [0.1, 0.15) is 0 Å². The highest BCUT2D eigenvalue weighted by Crippen LogP contribution is 2.36. The molecule has 22 heavy (non-hydrogen) atoms. The molecular weight excluding hydrogens is 343 g/mol. The highest BCUT2D eigenvalue weighted by molar-refractivity contribution is 7.45. The molecule has 12 heteroatoms. The maximum atomic E-state index is 12.3. The summed E-state index contributed by atoms with van der Waals surface area (Å²) in [6, 6.07) is 0. The van der Waals surface area contributed by atoms with E-state index >= 15 is 0 Å². The second-order valence-corrected chi connectivity index (χ2v) is 7.06. The SMILES string of the molecule is CC(C)(C)NC(C)(CC(F)(F)F)CC(F)(F)F.O=P(O)(O)O. The van der Waals surface area contributed by atoms with Crippen LogP contribution >= 0.6 is 7.82 Å². The van der Waals surface area contributed by atoms with E-state index in [9.17, 15) is 26.3 Å². The normalized spacial score (nSPS) is 14.4. The molecule has 0 aliphatic rings. The van der Waals surface area contributed by atoms with Gasteiger partial charge in [-0.2, -0.15) is 26.3 Å². The van der Waals surface area contributed by atoms with Crippen LogP contribution in [0.3, 0.4) is 0 Å². The van der Waals surface area contributed by atoms with Gasteiger partial charge in [-0.15, -0.1) is 0 Å². The summed E-state index contributed by atoms with van der Waals surface area (Å²) in [7, 11) is -4.64. The molecule has 0 aliphatic heterocycles. The Bertz CT molecular complexity index is 335. The molecular formula is C10H20F6NO4P. The number of alkyl halides is 6. The van der Waals surface area contributed by atoms with Gasteiger partial charge in [0, 0.05) is 11.1 Å². The molecule has 136 valence electrons. The minimum atomic E-state index is -4.64. The summed E-state index contributed by atoms with van der Waals surface area (Å²) < 4.78 is 82.6. The van der Waals surface area contributed by atoms with E-state index in [1.165, 1.54) is 20.8 Å². The average molecular weight is 363 g/mol. The molecule has 0 saturated carbocycles. The maximum Gasteiger partial charge on any atom is 0.466 e. The van der Waals surface area contributed by atoms with Crippen molar-refractivity contribution in [2.45, 2.75) is 64.0 Å². The molecule has 0 fully saturated rings. The van der Waals surface area contributed by atoms with Gasteiger partial charge >= 0.3 is 20.2 Å². The van der Waals surface area contributed by atoms with E-state index < -0.39 is 44.1 Å². The molecule has 0 aromatic carbocycles. The van der Waals surface area contributed by atoms with Crippen molar-refractivity contribution in [1.29, 1.82) is 0 Å². The van der Waals surface area contributed by atoms with Crippen molar-refractivity contribution < 1.29 is 45.6 Å². The largest absolute Gasteiger partial charge is 0.466 e. The lowest BCUT2D eigenvalue weighted by molar-refractivity contribution is -0.181. The van der Waals surface area contributed by atoms with Crippen molar-refractivity contribution in [3.8, 4) is 0 Å². The molecule has 0 heterocycles. The second-order valence-electron chi connectivity index (χ2n) is 6.03. The lowest BCUT2D eigenvalue weighted by atomic mass is 9.89. The predicted octanol–water partition coefficient (Wildman–Crippen LogP) is 3.11. The predicted molar refractivity (Wildman–Crippen MR) is 66.9 cm³/mol. The number of nitrogens with one attached hydrogen (secondary N) is 1. The zero-order valence-corrected chi connectivity index (χ0v) is 13.3. The zero-order valence-electron chi connectivity index (χ0n) is 12.4. The first-order chi connectivity index (χ1) is 9.12. The van der Waals surface area contributed by atoms with Gasteiger partial charge in [0.2, 0.25) is 0 Å².